The third kappa shape index (κ3) is 1.53. The van der Waals surface area contributed by atoms with Crippen LogP contribution in [0.5, 0.6) is 0 Å². The Morgan fingerprint density at radius 1 is 1.56 bits per heavy atom. The molecule has 0 aromatic carbocycles. The summed E-state index contributed by atoms with van der Waals surface area (Å²) >= 11 is 0. The molecule has 1 aliphatic heterocycles. The van der Waals surface area contributed by atoms with Gasteiger partial charge in [0.1, 0.15) is 5.82 Å². The molecule has 0 amide bonds. The second-order valence-corrected chi connectivity index (χ2v) is 4.38. The van der Waals surface area contributed by atoms with Crippen LogP contribution < -0.4 is 11.1 Å². The molecule has 6 heteroatoms. The number of carbonyl (C=O) groups is 1. The van der Waals surface area contributed by atoms with Crippen molar-refractivity contribution in [3.05, 3.63) is 29.8 Å². The molecule has 3 heterocycles. The van der Waals surface area contributed by atoms with E-state index >= 15 is 0 Å². The van der Waals surface area contributed by atoms with Crippen LogP contribution in [0.1, 0.15) is 22.2 Å². The van der Waals surface area contributed by atoms with E-state index in [1.165, 1.54) is 7.11 Å². The predicted octanol–water partition coefficient (Wildman–Crippen LogP) is 0.390. The van der Waals surface area contributed by atoms with Crippen LogP contribution in [0.4, 0.5) is 5.69 Å². The molecule has 18 heavy (non-hydrogen) atoms. The molecular weight excluding hydrogens is 232 g/mol. The molecular formula is C12H14N4O2. The van der Waals surface area contributed by atoms with Gasteiger partial charge < -0.3 is 20.2 Å². The summed E-state index contributed by atoms with van der Waals surface area (Å²) in [5.74, 6) is 0.755. The zero-order chi connectivity index (χ0) is 12.7. The number of nitrogens with two attached hydrogens (primary N) is 1. The van der Waals surface area contributed by atoms with Gasteiger partial charge in [-0.1, -0.05) is 0 Å². The number of hydrogen-bond donors (Lipinski definition) is 2. The lowest BCUT2D eigenvalue weighted by Gasteiger charge is -2.25. The van der Waals surface area contributed by atoms with Crippen molar-refractivity contribution >= 4 is 17.2 Å². The fourth-order valence-corrected chi connectivity index (χ4v) is 2.13. The van der Waals surface area contributed by atoms with Crippen LogP contribution in [0.2, 0.25) is 0 Å². The van der Waals surface area contributed by atoms with E-state index in [0.717, 1.165) is 24.4 Å². The number of hydrogen-bond acceptors (Lipinski definition) is 5. The van der Waals surface area contributed by atoms with Crippen LogP contribution in [-0.2, 0) is 4.74 Å². The first kappa shape index (κ1) is 11.0. The Labute approximate surface area is 104 Å². The largest absolute Gasteiger partial charge is 0.464 e. The summed E-state index contributed by atoms with van der Waals surface area (Å²) in [5, 5.41) is 3.19. The lowest BCUT2D eigenvalue weighted by Crippen LogP contribution is -2.40. The summed E-state index contributed by atoms with van der Waals surface area (Å²) in [6.07, 6.45) is 1.79. The smallest absolute Gasteiger partial charge is 0.358 e. The molecule has 0 unspecified atom stereocenters. The van der Waals surface area contributed by atoms with Crippen LogP contribution >= 0.6 is 0 Å². The number of pyridine rings is 1. The number of nitrogens with zero attached hydrogens (tertiary/aromatic N) is 2. The normalized spacial score (nSPS) is 15.6. The predicted molar refractivity (Wildman–Crippen MR) is 66.6 cm³/mol. The molecule has 0 radical (unpaired) electrons. The van der Waals surface area contributed by atoms with Crippen LogP contribution in [0.3, 0.4) is 0 Å². The van der Waals surface area contributed by atoms with E-state index in [4.69, 9.17) is 10.5 Å². The van der Waals surface area contributed by atoms with Crippen LogP contribution in [0, 0.1) is 0 Å². The lowest BCUT2D eigenvalue weighted by atomic mass is 10.0. The van der Waals surface area contributed by atoms with Gasteiger partial charge in [0.25, 0.3) is 0 Å². The maximum absolute atomic E-state index is 11.7. The van der Waals surface area contributed by atoms with Gasteiger partial charge in [0.2, 0.25) is 0 Å². The van der Waals surface area contributed by atoms with Crippen molar-refractivity contribution in [2.75, 3.05) is 25.9 Å². The third-order valence-electron chi connectivity index (χ3n) is 3.21. The van der Waals surface area contributed by atoms with Crippen LogP contribution in [-0.4, -0.2) is 35.6 Å². The van der Waals surface area contributed by atoms with Crippen LogP contribution in [0.25, 0.3) is 5.52 Å². The molecule has 2 aromatic rings. The number of aromatic nitrogens is 2. The van der Waals surface area contributed by atoms with Crippen molar-refractivity contribution in [1.29, 1.82) is 0 Å². The van der Waals surface area contributed by atoms with Crippen molar-refractivity contribution in [2.45, 2.75) is 5.92 Å². The minimum absolute atomic E-state index is 0.317. The fourth-order valence-electron chi connectivity index (χ4n) is 2.13. The minimum Gasteiger partial charge on any atom is -0.464 e. The maximum atomic E-state index is 11.7. The topological polar surface area (TPSA) is 81.6 Å². The number of nitrogens with one attached hydrogen (secondary N) is 1. The van der Waals surface area contributed by atoms with E-state index in [9.17, 15) is 4.79 Å². The van der Waals surface area contributed by atoms with Gasteiger partial charge in [0.15, 0.2) is 5.69 Å². The molecule has 0 saturated carbocycles. The molecule has 1 aliphatic rings. The van der Waals surface area contributed by atoms with Gasteiger partial charge in [-0.05, 0) is 12.1 Å². The Morgan fingerprint density at radius 3 is 2.94 bits per heavy atom. The molecule has 6 nitrogen and oxygen atoms in total. The molecule has 0 spiro atoms. The quantitative estimate of drug-likeness (QED) is 0.749. The highest BCUT2D eigenvalue weighted by atomic mass is 16.5. The van der Waals surface area contributed by atoms with E-state index in [1.54, 1.807) is 18.3 Å². The van der Waals surface area contributed by atoms with Gasteiger partial charge in [0, 0.05) is 30.9 Å². The number of methoxy groups -OCH3 is 1. The number of anilines is 1. The zero-order valence-corrected chi connectivity index (χ0v) is 10.0. The Kier molecular flexibility index (Phi) is 2.45. The minimum atomic E-state index is -0.421. The van der Waals surface area contributed by atoms with E-state index in [0.29, 0.717) is 17.3 Å². The molecule has 94 valence electrons. The number of nitrogen functional groups attached to an aromatic ring is 1. The average Bonchev–Trinajstić information content (AvgIpc) is 2.65. The van der Waals surface area contributed by atoms with Gasteiger partial charge in [-0.2, -0.15) is 0 Å². The summed E-state index contributed by atoms with van der Waals surface area (Å²) in [6, 6.07) is 3.55. The summed E-state index contributed by atoms with van der Waals surface area (Å²) in [4.78, 5) is 16.1. The molecule has 2 aromatic heterocycles. The van der Waals surface area contributed by atoms with E-state index in [-0.39, 0.29) is 0 Å². The van der Waals surface area contributed by atoms with Crippen molar-refractivity contribution in [2.24, 2.45) is 0 Å². The van der Waals surface area contributed by atoms with Crippen molar-refractivity contribution in [1.82, 2.24) is 14.7 Å². The molecule has 0 aliphatic carbocycles. The zero-order valence-electron chi connectivity index (χ0n) is 10.0. The Balaban J connectivity index is 2.21. The second-order valence-electron chi connectivity index (χ2n) is 4.38. The summed E-state index contributed by atoms with van der Waals surface area (Å²) in [5.41, 5.74) is 7.51. The molecule has 0 bridgehead atoms. The first-order valence-electron chi connectivity index (χ1n) is 5.77. The fraction of sp³-hybridized carbons (Fsp3) is 0.333. The highest BCUT2D eigenvalue weighted by molar-refractivity contribution is 5.95. The van der Waals surface area contributed by atoms with Gasteiger partial charge >= 0.3 is 5.97 Å². The Morgan fingerprint density at radius 2 is 2.33 bits per heavy atom. The number of rotatable bonds is 2. The Hall–Kier alpha value is -2.08. The second kappa shape index (κ2) is 3.99. The third-order valence-corrected chi connectivity index (χ3v) is 3.21. The van der Waals surface area contributed by atoms with Crippen molar-refractivity contribution < 1.29 is 9.53 Å². The average molecular weight is 246 g/mol. The first-order chi connectivity index (χ1) is 8.70. The van der Waals surface area contributed by atoms with Crippen molar-refractivity contribution in [3.8, 4) is 0 Å². The van der Waals surface area contributed by atoms with Crippen LogP contribution in [0.15, 0.2) is 18.3 Å². The Bertz CT molecular complexity index is 616. The highest BCUT2D eigenvalue weighted by Crippen LogP contribution is 2.24. The highest BCUT2D eigenvalue weighted by Gasteiger charge is 2.27. The van der Waals surface area contributed by atoms with E-state index in [2.05, 4.69) is 10.3 Å². The molecule has 1 saturated heterocycles. The number of imidazole rings is 1. The molecule has 3 rings (SSSR count). The number of fused-ring (bicyclic) bond motifs is 1. The standard InChI is InChI=1S/C12H14N4O2/c1-18-12(17)10-9-3-2-8(13)6-16(9)11(15-10)7-4-14-5-7/h2-3,6-7,14H,4-5,13H2,1H3. The monoisotopic (exact) mass is 246 g/mol. The van der Waals surface area contributed by atoms with Crippen molar-refractivity contribution in [3.63, 3.8) is 0 Å². The summed E-state index contributed by atoms with van der Waals surface area (Å²) < 4.78 is 6.64. The SMILES string of the molecule is COC(=O)c1nc(C2CNC2)n2cc(N)ccc12. The molecule has 3 N–H and O–H groups in total. The number of ether oxygens (including phenoxy) is 1. The number of esters is 1. The van der Waals surface area contributed by atoms with Gasteiger partial charge in [0.05, 0.1) is 12.6 Å². The first-order valence-corrected chi connectivity index (χ1v) is 5.77. The number of carbonyl (C=O) groups excluding carboxylic acids is 1. The van der Waals surface area contributed by atoms with E-state index < -0.39 is 5.97 Å². The summed E-state index contributed by atoms with van der Waals surface area (Å²) in [6.45, 7) is 1.74. The lowest BCUT2D eigenvalue weighted by molar-refractivity contribution is 0.0596. The van der Waals surface area contributed by atoms with E-state index in [1.807, 2.05) is 4.40 Å². The molecule has 0 atom stereocenters. The molecule has 1 fully saturated rings. The maximum Gasteiger partial charge on any atom is 0.358 e. The van der Waals surface area contributed by atoms with Gasteiger partial charge in [-0.25, -0.2) is 9.78 Å². The van der Waals surface area contributed by atoms with Gasteiger partial charge in [-0.15, -0.1) is 0 Å². The summed E-state index contributed by atoms with van der Waals surface area (Å²) in [7, 11) is 1.36. The van der Waals surface area contributed by atoms with Gasteiger partial charge in [-0.3, -0.25) is 0 Å².